The van der Waals surface area contributed by atoms with Crippen LogP contribution in [0.3, 0.4) is 0 Å². The summed E-state index contributed by atoms with van der Waals surface area (Å²) in [6.07, 6.45) is 3.65. The summed E-state index contributed by atoms with van der Waals surface area (Å²) in [5.41, 5.74) is 5.48. The smallest absolute Gasteiger partial charge is 0.319 e. The van der Waals surface area contributed by atoms with Gasteiger partial charge in [-0.1, -0.05) is 26.3 Å². The number of urea groups is 1. The SMILES string of the molecule is CC=C(C(=O)NC(N)=O)C(C)CCC. The highest BCUT2D eigenvalue weighted by atomic mass is 16.2. The van der Waals surface area contributed by atoms with E-state index in [4.69, 9.17) is 5.73 Å². The minimum Gasteiger partial charge on any atom is -0.351 e. The Bertz CT molecular complexity index is 247. The molecule has 3 N–H and O–H groups in total. The molecule has 1 unspecified atom stereocenters. The van der Waals surface area contributed by atoms with Gasteiger partial charge in [-0.3, -0.25) is 10.1 Å². The van der Waals surface area contributed by atoms with Crippen LogP contribution in [0.2, 0.25) is 0 Å². The van der Waals surface area contributed by atoms with Crippen LogP contribution in [-0.4, -0.2) is 11.9 Å². The summed E-state index contributed by atoms with van der Waals surface area (Å²) in [7, 11) is 0. The van der Waals surface area contributed by atoms with E-state index in [-0.39, 0.29) is 11.8 Å². The van der Waals surface area contributed by atoms with Crippen LogP contribution in [0.25, 0.3) is 0 Å². The average Bonchev–Trinajstić information content (AvgIpc) is 2.04. The van der Waals surface area contributed by atoms with Crippen LogP contribution in [0.5, 0.6) is 0 Å². The maximum Gasteiger partial charge on any atom is 0.319 e. The molecule has 0 aromatic rings. The lowest BCUT2D eigenvalue weighted by molar-refractivity contribution is -0.116. The lowest BCUT2D eigenvalue weighted by Crippen LogP contribution is -2.37. The third kappa shape index (κ3) is 4.07. The Balaban J connectivity index is 4.42. The third-order valence-electron chi connectivity index (χ3n) is 2.06. The molecule has 0 radical (unpaired) electrons. The number of imide groups is 1. The molecular weight excluding hydrogens is 180 g/mol. The molecule has 14 heavy (non-hydrogen) atoms. The zero-order valence-electron chi connectivity index (χ0n) is 8.96. The minimum atomic E-state index is -0.807. The number of hydrogen-bond acceptors (Lipinski definition) is 2. The van der Waals surface area contributed by atoms with Gasteiger partial charge in [0.1, 0.15) is 0 Å². The van der Waals surface area contributed by atoms with Gasteiger partial charge in [-0.05, 0) is 19.3 Å². The fourth-order valence-corrected chi connectivity index (χ4v) is 1.41. The maximum atomic E-state index is 11.4. The van der Waals surface area contributed by atoms with E-state index in [2.05, 4.69) is 12.2 Å². The fraction of sp³-hybridized carbons (Fsp3) is 0.600. The Labute approximate surface area is 84.5 Å². The minimum absolute atomic E-state index is 0.157. The molecule has 0 aliphatic carbocycles. The summed E-state index contributed by atoms with van der Waals surface area (Å²) < 4.78 is 0. The Morgan fingerprint density at radius 3 is 2.43 bits per heavy atom. The molecule has 0 fully saturated rings. The normalized spacial score (nSPS) is 13.5. The number of primary amides is 1. The Morgan fingerprint density at radius 2 is 2.07 bits per heavy atom. The molecule has 4 nitrogen and oxygen atoms in total. The number of carbonyl (C=O) groups is 2. The van der Waals surface area contributed by atoms with Crippen LogP contribution in [-0.2, 0) is 4.79 Å². The van der Waals surface area contributed by atoms with E-state index in [1.165, 1.54) is 0 Å². The van der Waals surface area contributed by atoms with Crippen LogP contribution < -0.4 is 11.1 Å². The van der Waals surface area contributed by atoms with Crippen molar-refractivity contribution < 1.29 is 9.59 Å². The first kappa shape index (κ1) is 12.7. The molecule has 0 aromatic heterocycles. The Hall–Kier alpha value is -1.32. The Kier molecular flexibility index (Phi) is 5.60. The molecule has 0 bridgehead atoms. The molecule has 0 saturated carbocycles. The van der Waals surface area contributed by atoms with Crippen molar-refractivity contribution in [1.29, 1.82) is 0 Å². The van der Waals surface area contributed by atoms with Crippen molar-refractivity contribution in [3.63, 3.8) is 0 Å². The van der Waals surface area contributed by atoms with Crippen molar-refractivity contribution in [3.8, 4) is 0 Å². The van der Waals surface area contributed by atoms with E-state index in [1.807, 2.05) is 6.92 Å². The predicted molar refractivity (Wildman–Crippen MR) is 55.6 cm³/mol. The van der Waals surface area contributed by atoms with Crippen LogP contribution in [0.1, 0.15) is 33.6 Å². The summed E-state index contributed by atoms with van der Waals surface area (Å²) in [6.45, 7) is 5.79. The standard InChI is InChI=1S/C10H18N2O2/c1-4-6-7(3)8(5-2)9(13)12-10(11)14/h5,7H,4,6H2,1-3H3,(H3,11,12,13,14). The number of allylic oxidation sites excluding steroid dienone is 1. The number of hydrogen-bond donors (Lipinski definition) is 2. The van der Waals surface area contributed by atoms with Crippen molar-refractivity contribution in [2.75, 3.05) is 0 Å². The highest BCUT2D eigenvalue weighted by Crippen LogP contribution is 2.16. The number of amides is 3. The second kappa shape index (κ2) is 6.18. The van der Waals surface area contributed by atoms with Crippen LogP contribution >= 0.6 is 0 Å². The predicted octanol–water partition coefficient (Wildman–Crippen LogP) is 1.56. The largest absolute Gasteiger partial charge is 0.351 e. The van der Waals surface area contributed by atoms with Gasteiger partial charge in [0.25, 0.3) is 5.91 Å². The summed E-state index contributed by atoms with van der Waals surface area (Å²) in [5, 5.41) is 2.06. The van der Waals surface area contributed by atoms with Crippen LogP contribution in [0.15, 0.2) is 11.6 Å². The number of carbonyl (C=O) groups excluding carboxylic acids is 2. The zero-order chi connectivity index (χ0) is 11.1. The Morgan fingerprint density at radius 1 is 1.50 bits per heavy atom. The number of nitrogens with two attached hydrogens (primary N) is 1. The lowest BCUT2D eigenvalue weighted by Gasteiger charge is -2.13. The van der Waals surface area contributed by atoms with Crippen molar-refractivity contribution in [2.24, 2.45) is 11.7 Å². The van der Waals surface area contributed by atoms with Gasteiger partial charge in [-0.25, -0.2) is 4.79 Å². The quantitative estimate of drug-likeness (QED) is 0.673. The topological polar surface area (TPSA) is 72.2 Å². The third-order valence-corrected chi connectivity index (χ3v) is 2.06. The highest BCUT2D eigenvalue weighted by molar-refractivity contribution is 6.03. The van der Waals surface area contributed by atoms with E-state index in [1.54, 1.807) is 13.0 Å². The molecule has 0 saturated heterocycles. The molecular formula is C10H18N2O2. The molecule has 3 amide bonds. The first-order chi connectivity index (χ1) is 6.52. The van der Waals surface area contributed by atoms with E-state index in [0.29, 0.717) is 5.57 Å². The number of rotatable bonds is 4. The molecule has 0 aliphatic heterocycles. The molecule has 4 heteroatoms. The molecule has 0 heterocycles. The summed E-state index contributed by atoms with van der Waals surface area (Å²) in [5.74, 6) is -0.231. The highest BCUT2D eigenvalue weighted by Gasteiger charge is 2.16. The molecule has 80 valence electrons. The van der Waals surface area contributed by atoms with Crippen molar-refractivity contribution in [2.45, 2.75) is 33.6 Å². The van der Waals surface area contributed by atoms with Gasteiger partial charge in [-0.2, -0.15) is 0 Å². The average molecular weight is 198 g/mol. The summed E-state index contributed by atoms with van der Waals surface area (Å²) in [4.78, 5) is 21.9. The van der Waals surface area contributed by atoms with Crippen molar-refractivity contribution >= 4 is 11.9 Å². The number of nitrogens with one attached hydrogen (secondary N) is 1. The van der Waals surface area contributed by atoms with Gasteiger partial charge in [0.05, 0.1) is 0 Å². The molecule has 0 aromatic carbocycles. The molecule has 0 rings (SSSR count). The van der Waals surface area contributed by atoms with E-state index < -0.39 is 6.03 Å². The van der Waals surface area contributed by atoms with Gasteiger partial charge in [0, 0.05) is 5.57 Å². The first-order valence-electron chi connectivity index (χ1n) is 4.79. The molecule has 1 atom stereocenters. The second-order valence-electron chi connectivity index (χ2n) is 3.25. The van der Waals surface area contributed by atoms with Crippen molar-refractivity contribution in [1.82, 2.24) is 5.32 Å². The monoisotopic (exact) mass is 198 g/mol. The van der Waals surface area contributed by atoms with Crippen molar-refractivity contribution in [3.05, 3.63) is 11.6 Å². The van der Waals surface area contributed by atoms with Gasteiger partial charge >= 0.3 is 6.03 Å². The molecule has 0 spiro atoms. The summed E-state index contributed by atoms with van der Waals surface area (Å²) >= 11 is 0. The fourth-order valence-electron chi connectivity index (χ4n) is 1.41. The van der Waals surface area contributed by atoms with E-state index in [0.717, 1.165) is 12.8 Å². The van der Waals surface area contributed by atoms with Crippen LogP contribution in [0, 0.1) is 5.92 Å². The van der Waals surface area contributed by atoms with Gasteiger partial charge in [0.15, 0.2) is 0 Å². The second-order valence-corrected chi connectivity index (χ2v) is 3.25. The first-order valence-corrected chi connectivity index (χ1v) is 4.79. The van der Waals surface area contributed by atoms with E-state index >= 15 is 0 Å². The molecule has 0 aliphatic rings. The zero-order valence-corrected chi connectivity index (χ0v) is 8.96. The van der Waals surface area contributed by atoms with E-state index in [9.17, 15) is 9.59 Å². The van der Waals surface area contributed by atoms with Gasteiger partial charge in [0.2, 0.25) is 0 Å². The maximum absolute atomic E-state index is 11.4. The summed E-state index contributed by atoms with van der Waals surface area (Å²) in [6, 6.07) is -0.807. The van der Waals surface area contributed by atoms with Gasteiger partial charge < -0.3 is 5.73 Å². The van der Waals surface area contributed by atoms with Gasteiger partial charge in [-0.15, -0.1) is 0 Å². The van der Waals surface area contributed by atoms with Crippen LogP contribution in [0.4, 0.5) is 4.79 Å². The lowest BCUT2D eigenvalue weighted by atomic mass is 9.95.